The van der Waals surface area contributed by atoms with Crippen molar-refractivity contribution < 1.29 is 4.39 Å². The van der Waals surface area contributed by atoms with Crippen LogP contribution in [0.5, 0.6) is 0 Å². The molecule has 1 aliphatic carbocycles. The van der Waals surface area contributed by atoms with E-state index >= 15 is 0 Å². The summed E-state index contributed by atoms with van der Waals surface area (Å²) in [4.78, 5) is 2.51. The van der Waals surface area contributed by atoms with Gasteiger partial charge in [0.05, 0.1) is 4.47 Å². The maximum Gasteiger partial charge on any atom is 0.137 e. The summed E-state index contributed by atoms with van der Waals surface area (Å²) in [6.45, 7) is 4.20. The van der Waals surface area contributed by atoms with Gasteiger partial charge in [0.25, 0.3) is 0 Å². The Hall–Kier alpha value is -0.410. The Morgan fingerprint density at radius 2 is 2.06 bits per heavy atom. The van der Waals surface area contributed by atoms with Gasteiger partial charge in [-0.1, -0.05) is 25.8 Å². The zero-order valence-electron chi connectivity index (χ0n) is 10.3. The Balaban J connectivity index is 2.04. The van der Waals surface area contributed by atoms with Crippen molar-refractivity contribution in [1.29, 1.82) is 0 Å². The second kappa shape index (κ2) is 5.96. The molecule has 1 fully saturated rings. The fourth-order valence-electron chi connectivity index (χ4n) is 2.64. The van der Waals surface area contributed by atoms with Gasteiger partial charge in [-0.25, -0.2) is 4.39 Å². The van der Waals surface area contributed by atoms with E-state index in [1.807, 2.05) is 12.1 Å². The lowest BCUT2D eigenvalue weighted by Gasteiger charge is -2.27. The van der Waals surface area contributed by atoms with Gasteiger partial charge in [-0.05, 0) is 53.0 Å². The molecule has 1 aromatic rings. The topological polar surface area (TPSA) is 3.24 Å². The van der Waals surface area contributed by atoms with Crippen molar-refractivity contribution in [3.8, 4) is 0 Å². The van der Waals surface area contributed by atoms with E-state index in [4.69, 9.17) is 0 Å². The van der Waals surface area contributed by atoms with Crippen LogP contribution in [0.3, 0.4) is 0 Å². The van der Waals surface area contributed by atoms with Crippen LogP contribution in [0.25, 0.3) is 0 Å². The summed E-state index contributed by atoms with van der Waals surface area (Å²) >= 11 is 3.25. The number of hydrogen-bond acceptors (Lipinski definition) is 1. The second-order valence-corrected chi connectivity index (χ2v) is 5.60. The molecule has 1 saturated carbocycles. The standard InChI is InChI=1S/C14H19BrFN/c1-2-17(12-5-3-4-6-12)10-11-7-8-14(16)13(15)9-11/h7-9,12H,2-6,10H2,1H3. The van der Waals surface area contributed by atoms with E-state index in [9.17, 15) is 4.39 Å². The molecule has 0 saturated heterocycles. The molecule has 0 spiro atoms. The van der Waals surface area contributed by atoms with Gasteiger partial charge in [0, 0.05) is 12.6 Å². The lowest BCUT2D eigenvalue weighted by Crippen LogP contribution is -2.32. The molecule has 1 nitrogen and oxygen atoms in total. The van der Waals surface area contributed by atoms with Gasteiger partial charge in [0.1, 0.15) is 5.82 Å². The third-order valence-corrected chi connectivity index (χ3v) is 4.22. The van der Waals surface area contributed by atoms with Gasteiger partial charge < -0.3 is 0 Å². The SMILES string of the molecule is CCN(Cc1ccc(F)c(Br)c1)C1CCCC1. The summed E-state index contributed by atoms with van der Waals surface area (Å²) in [6, 6.07) is 6.05. The van der Waals surface area contributed by atoms with Crippen LogP contribution in [0.1, 0.15) is 38.2 Å². The number of rotatable bonds is 4. The van der Waals surface area contributed by atoms with E-state index < -0.39 is 0 Å². The normalized spacial score (nSPS) is 16.9. The van der Waals surface area contributed by atoms with E-state index in [0.29, 0.717) is 4.47 Å². The van der Waals surface area contributed by atoms with Crippen molar-refractivity contribution in [2.45, 2.75) is 45.2 Å². The highest BCUT2D eigenvalue weighted by atomic mass is 79.9. The van der Waals surface area contributed by atoms with Crippen LogP contribution in [-0.2, 0) is 6.54 Å². The Morgan fingerprint density at radius 3 is 2.65 bits per heavy atom. The molecule has 0 amide bonds. The number of nitrogens with zero attached hydrogens (tertiary/aromatic N) is 1. The first kappa shape index (κ1) is 13.0. The minimum atomic E-state index is -0.183. The Kier molecular flexibility index (Phi) is 4.57. The third kappa shape index (κ3) is 3.29. The monoisotopic (exact) mass is 299 g/mol. The minimum absolute atomic E-state index is 0.183. The zero-order valence-corrected chi connectivity index (χ0v) is 11.8. The average Bonchev–Trinajstić information content (AvgIpc) is 2.84. The largest absolute Gasteiger partial charge is 0.296 e. The molecule has 0 unspecified atom stereocenters. The third-order valence-electron chi connectivity index (χ3n) is 3.62. The summed E-state index contributed by atoms with van der Waals surface area (Å²) in [6.07, 6.45) is 5.34. The van der Waals surface area contributed by atoms with Crippen molar-refractivity contribution in [1.82, 2.24) is 4.90 Å². The quantitative estimate of drug-likeness (QED) is 0.799. The predicted octanol–water partition coefficient (Wildman–Crippen LogP) is 4.35. The van der Waals surface area contributed by atoms with Crippen LogP contribution < -0.4 is 0 Å². The summed E-state index contributed by atoms with van der Waals surface area (Å²) in [5.41, 5.74) is 1.19. The molecular weight excluding hydrogens is 281 g/mol. The summed E-state index contributed by atoms with van der Waals surface area (Å²) in [5, 5.41) is 0. The molecule has 0 aromatic heterocycles. The highest BCUT2D eigenvalue weighted by Gasteiger charge is 2.21. The average molecular weight is 300 g/mol. The Morgan fingerprint density at radius 1 is 1.35 bits per heavy atom. The van der Waals surface area contributed by atoms with Crippen molar-refractivity contribution >= 4 is 15.9 Å². The number of halogens is 2. The second-order valence-electron chi connectivity index (χ2n) is 4.75. The Bertz CT molecular complexity index is 374. The van der Waals surface area contributed by atoms with E-state index in [1.165, 1.54) is 31.2 Å². The van der Waals surface area contributed by atoms with Crippen molar-refractivity contribution in [2.24, 2.45) is 0 Å². The van der Waals surface area contributed by atoms with Gasteiger partial charge in [0.15, 0.2) is 0 Å². The van der Waals surface area contributed by atoms with Gasteiger partial charge in [-0.2, -0.15) is 0 Å². The first-order chi connectivity index (χ1) is 8.20. The molecule has 1 aliphatic rings. The molecule has 2 rings (SSSR count). The van der Waals surface area contributed by atoms with Gasteiger partial charge in [-0.15, -0.1) is 0 Å². The molecule has 0 N–H and O–H groups in total. The molecule has 17 heavy (non-hydrogen) atoms. The van der Waals surface area contributed by atoms with Crippen molar-refractivity contribution in [2.75, 3.05) is 6.54 Å². The van der Waals surface area contributed by atoms with Crippen LogP contribution in [0, 0.1) is 5.82 Å². The smallest absolute Gasteiger partial charge is 0.137 e. The van der Waals surface area contributed by atoms with Crippen LogP contribution >= 0.6 is 15.9 Å². The molecular formula is C14H19BrFN. The van der Waals surface area contributed by atoms with E-state index in [-0.39, 0.29) is 5.82 Å². The molecule has 0 bridgehead atoms. The maximum atomic E-state index is 13.2. The zero-order chi connectivity index (χ0) is 12.3. The molecule has 1 aromatic carbocycles. The maximum absolute atomic E-state index is 13.2. The van der Waals surface area contributed by atoms with Crippen LogP contribution in [-0.4, -0.2) is 17.5 Å². The number of benzene rings is 1. The van der Waals surface area contributed by atoms with E-state index in [1.54, 1.807) is 6.07 Å². The van der Waals surface area contributed by atoms with Crippen LogP contribution in [0.2, 0.25) is 0 Å². The van der Waals surface area contributed by atoms with E-state index in [0.717, 1.165) is 19.1 Å². The first-order valence-electron chi connectivity index (χ1n) is 6.38. The molecule has 0 heterocycles. The summed E-state index contributed by atoms with van der Waals surface area (Å²) in [7, 11) is 0. The molecule has 94 valence electrons. The van der Waals surface area contributed by atoms with E-state index in [2.05, 4.69) is 27.8 Å². The highest BCUT2D eigenvalue weighted by Crippen LogP contribution is 2.25. The van der Waals surface area contributed by atoms with Crippen molar-refractivity contribution in [3.63, 3.8) is 0 Å². The fraction of sp³-hybridized carbons (Fsp3) is 0.571. The lowest BCUT2D eigenvalue weighted by atomic mass is 10.1. The Labute approximate surface area is 111 Å². The highest BCUT2D eigenvalue weighted by molar-refractivity contribution is 9.10. The van der Waals surface area contributed by atoms with Gasteiger partial charge >= 0.3 is 0 Å². The number of hydrogen-bond donors (Lipinski definition) is 0. The van der Waals surface area contributed by atoms with Crippen LogP contribution in [0.4, 0.5) is 4.39 Å². The lowest BCUT2D eigenvalue weighted by molar-refractivity contribution is 0.200. The summed E-state index contributed by atoms with van der Waals surface area (Å²) in [5.74, 6) is -0.183. The first-order valence-corrected chi connectivity index (χ1v) is 7.18. The molecule has 3 heteroatoms. The van der Waals surface area contributed by atoms with Gasteiger partial charge in [0.2, 0.25) is 0 Å². The predicted molar refractivity (Wildman–Crippen MR) is 72.4 cm³/mol. The molecule has 0 radical (unpaired) electrons. The minimum Gasteiger partial charge on any atom is -0.296 e. The molecule has 0 atom stereocenters. The molecule has 0 aliphatic heterocycles. The van der Waals surface area contributed by atoms with Crippen LogP contribution in [0.15, 0.2) is 22.7 Å². The fourth-order valence-corrected chi connectivity index (χ4v) is 3.07. The van der Waals surface area contributed by atoms with Gasteiger partial charge in [-0.3, -0.25) is 4.90 Å². The summed E-state index contributed by atoms with van der Waals surface area (Å²) < 4.78 is 13.7. The van der Waals surface area contributed by atoms with Crippen molar-refractivity contribution in [3.05, 3.63) is 34.1 Å².